The molecular weight excluding hydrogens is 449 g/mol. The van der Waals surface area contributed by atoms with Crippen molar-refractivity contribution in [2.24, 2.45) is 0 Å². The first-order valence-corrected chi connectivity index (χ1v) is 10.6. The number of nitriles is 1. The summed E-state index contributed by atoms with van der Waals surface area (Å²) in [4.78, 5) is 20.9. The number of nitrogens with zero attached hydrogens (tertiary/aromatic N) is 5. The van der Waals surface area contributed by atoms with Gasteiger partial charge in [-0.05, 0) is 56.9 Å². The van der Waals surface area contributed by atoms with Gasteiger partial charge >= 0.3 is 6.18 Å². The Hall–Kier alpha value is -3.78. The lowest BCUT2D eigenvalue weighted by atomic mass is 9.72. The van der Waals surface area contributed by atoms with Crippen LogP contribution >= 0.6 is 0 Å². The van der Waals surface area contributed by atoms with Crippen LogP contribution in [0.25, 0.3) is 5.82 Å². The Bertz CT molecular complexity index is 1220. The molecule has 4 rings (SSSR count). The number of carbonyl (C=O) groups is 1. The van der Waals surface area contributed by atoms with Crippen molar-refractivity contribution in [1.82, 2.24) is 19.7 Å². The third-order valence-corrected chi connectivity index (χ3v) is 6.08. The number of hydrogen-bond acceptors (Lipinski definition) is 6. The highest BCUT2D eigenvalue weighted by molar-refractivity contribution is 6.04. The largest absolute Gasteiger partial charge is 0.417 e. The average molecular weight is 470 g/mol. The quantitative estimate of drug-likeness (QED) is 0.597. The minimum absolute atomic E-state index is 0.148. The summed E-state index contributed by atoms with van der Waals surface area (Å²) in [5.41, 5.74) is 0.000127. The molecule has 0 bridgehead atoms. The summed E-state index contributed by atoms with van der Waals surface area (Å²) in [6.07, 6.45) is 0.685. The number of anilines is 1. The highest BCUT2D eigenvalue weighted by Gasteiger charge is 2.38. The summed E-state index contributed by atoms with van der Waals surface area (Å²) < 4.78 is 39.6. The first-order valence-electron chi connectivity index (χ1n) is 10.6. The molecule has 3 aromatic heterocycles. The number of amides is 1. The number of aliphatic hydroxyl groups excluding tert-OH is 1. The lowest BCUT2D eigenvalue weighted by Gasteiger charge is -2.32. The lowest BCUT2D eigenvalue weighted by Crippen LogP contribution is -2.33. The van der Waals surface area contributed by atoms with E-state index in [0.29, 0.717) is 49.0 Å². The molecule has 0 saturated heterocycles. The van der Waals surface area contributed by atoms with Crippen molar-refractivity contribution in [3.05, 3.63) is 65.4 Å². The van der Waals surface area contributed by atoms with Crippen LogP contribution in [-0.2, 0) is 11.6 Å². The standard InChI is InChI=1S/C23H21F3N6O2/c1-14-18(12-30-32(14)20-5-2-15(10-29-20)23(24,25)26)21(34)31-16-3-4-19(28-11-16)22(13-27)8-6-17(33)7-9-22/h2-5,10-12,17,33H,6-9H2,1H3,(H,31,34)/t17-,22-. The molecule has 3 heterocycles. The van der Waals surface area contributed by atoms with E-state index in [1.165, 1.54) is 23.1 Å². The molecular formula is C23H21F3N6O2. The van der Waals surface area contributed by atoms with Crippen LogP contribution in [0.3, 0.4) is 0 Å². The zero-order chi connectivity index (χ0) is 24.5. The van der Waals surface area contributed by atoms with Crippen LogP contribution in [0, 0.1) is 18.3 Å². The second-order valence-corrected chi connectivity index (χ2v) is 8.27. The van der Waals surface area contributed by atoms with Gasteiger partial charge in [-0.1, -0.05) is 0 Å². The Morgan fingerprint density at radius 1 is 1.18 bits per heavy atom. The van der Waals surface area contributed by atoms with Crippen LogP contribution in [0.4, 0.5) is 18.9 Å². The van der Waals surface area contributed by atoms with Gasteiger partial charge in [-0.25, -0.2) is 9.67 Å². The van der Waals surface area contributed by atoms with E-state index < -0.39 is 29.2 Å². The van der Waals surface area contributed by atoms with E-state index in [0.717, 1.165) is 6.07 Å². The van der Waals surface area contributed by atoms with E-state index in [4.69, 9.17) is 0 Å². The predicted molar refractivity (Wildman–Crippen MR) is 115 cm³/mol. The third-order valence-electron chi connectivity index (χ3n) is 6.08. The molecule has 0 aliphatic heterocycles. The molecule has 0 radical (unpaired) electrons. The van der Waals surface area contributed by atoms with Crippen molar-refractivity contribution in [2.75, 3.05) is 5.32 Å². The molecule has 34 heavy (non-hydrogen) atoms. The van der Waals surface area contributed by atoms with Gasteiger partial charge < -0.3 is 10.4 Å². The maximum Gasteiger partial charge on any atom is 0.417 e. The van der Waals surface area contributed by atoms with Gasteiger partial charge in [0.05, 0.1) is 58.2 Å². The highest BCUT2D eigenvalue weighted by Crippen LogP contribution is 2.38. The number of rotatable bonds is 4. The van der Waals surface area contributed by atoms with Gasteiger partial charge in [0, 0.05) is 6.20 Å². The Labute approximate surface area is 193 Å². The van der Waals surface area contributed by atoms with Gasteiger partial charge in [0.1, 0.15) is 0 Å². The number of nitrogens with one attached hydrogen (secondary N) is 1. The van der Waals surface area contributed by atoms with E-state index in [1.807, 2.05) is 0 Å². The number of hydrogen-bond donors (Lipinski definition) is 2. The summed E-state index contributed by atoms with van der Waals surface area (Å²) in [6.45, 7) is 1.61. The molecule has 1 amide bonds. The molecule has 3 aromatic rings. The van der Waals surface area contributed by atoms with Crippen molar-refractivity contribution in [3.63, 3.8) is 0 Å². The van der Waals surface area contributed by atoms with Crippen molar-refractivity contribution in [1.29, 1.82) is 5.26 Å². The van der Waals surface area contributed by atoms with Crippen molar-refractivity contribution >= 4 is 11.6 Å². The van der Waals surface area contributed by atoms with Gasteiger partial charge in [0.2, 0.25) is 0 Å². The lowest BCUT2D eigenvalue weighted by molar-refractivity contribution is -0.137. The van der Waals surface area contributed by atoms with Gasteiger partial charge in [-0.2, -0.15) is 23.5 Å². The van der Waals surface area contributed by atoms with Gasteiger partial charge in [0.15, 0.2) is 5.82 Å². The van der Waals surface area contributed by atoms with E-state index in [2.05, 4.69) is 26.5 Å². The van der Waals surface area contributed by atoms with E-state index in [-0.39, 0.29) is 11.4 Å². The molecule has 11 heteroatoms. The second-order valence-electron chi connectivity index (χ2n) is 8.27. The number of alkyl halides is 3. The van der Waals surface area contributed by atoms with Crippen molar-refractivity contribution < 1.29 is 23.1 Å². The summed E-state index contributed by atoms with van der Waals surface area (Å²) in [6, 6.07) is 7.77. The fourth-order valence-corrected chi connectivity index (χ4v) is 4.01. The van der Waals surface area contributed by atoms with E-state index in [9.17, 15) is 28.3 Å². The molecule has 176 valence electrons. The summed E-state index contributed by atoms with van der Waals surface area (Å²) in [5.74, 6) is -0.323. The van der Waals surface area contributed by atoms with Crippen LogP contribution < -0.4 is 5.32 Å². The number of carbonyl (C=O) groups excluding carboxylic acids is 1. The maximum atomic E-state index is 12.8. The molecule has 0 aromatic carbocycles. The molecule has 0 spiro atoms. The summed E-state index contributed by atoms with van der Waals surface area (Å²) >= 11 is 0. The number of aliphatic hydroxyl groups is 1. The summed E-state index contributed by atoms with van der Waals surface area (Å²) in [7, 11) is 0. The minimum atomic E-state index is -4.50. The van der Waals surface area contributed by atoms with Crippen molar-refractivity contribution in [3.8, 4) is 11.9 Å². The molecule has 1 saturated carbocycles. The monoisotopic (exact) mass is 470 g/mol. The van der Waals surface area contributed by atoms with Crippen LogP contribution in [0.1, 0.15) is 53.0 Å². The third kappa shape index (κ3) is 4.49. The average Bonchev–Trinajstić information content (AvgIpc) is 3.21. The topological polar surface area (TPSA) is 117 Å². The maximum absolute atomic E-state index is 12.8. The predicted octanol–water partition coefficient (Wildman–Crippen LogP) is 3.94. The van der Waals surface area contributed by atoms with Crippen LogP contribution in [0.15, 0.2) is 42.9 Å². The molecule has 1 aliphatic rings. The fraction of sp³-hybridized carbons (Fsp3) is 0.348. The molecule has 1 aliphatic carbocycles. The van der Waals surface area contributed by atoms with Gasteiger partial charge in [0.25, 0.3) is 5.91 Å². The fourth-order valence-electron chi connectivity index (χ4n) is 4.01. The molecule has 8 nitrogen and oxygen atoms in total. The van der Waals surface area contributed by atoms with Crippen LogP contribution in [0.2, 0.25) is 0 Å². The Kier molecular flexibility index (Phi) is 6.10. The number of aromatic nitrogens is 4. The van der Waals surface area contributed by atoms with Crippen molar-refractivity contribution in [2.45, 2.75) is 50.3 Å². The summed E-state index contributed by atoms with van der Waals surface area (Å²) in [5, 5.41) is 26.3. The number of halogens is 3. The molecule has 0 unspecified atom stereocenters. The van der Waals surface area contributed by atoms with Crippen LogP contribution in [-0.4, -0.2) is 36.9 Å². The minimum Gasteiger partial charge on any atom is -0.393 e. The Balaban J connectivity index is 1.48. The first kappa shape index (κ1) is 23.4. The SMILES string of the molecule is Cc1c(C(=O)Nc2ccc([C@]3(C#N)CC[C@@H](O)CC3)nc2)cnn1-c1ccc(C(F)(F)F)cn1. The van der Waals surface area contributed by atoms with Gasteiger partial charge in [-0.15, -0.1) is 0 Å². The van der Waals surface area contributed by atoms with E-state index >= 15 is 0 Å². The second kappa shape index (κ2) is 8.87. The first-order chi connectivity index (χ1) is 16.1. The van der Waals surface area contributed by atoms with E-state index in [1.54, 1.807) is 19.1 Å². The Morgan fingerprint density at radius 2 is 1.91 bits per heavy atom. The normalized spacial score (nSPS) is 20.5. The zero-order valence-corrected chi connectivity index (χ0v) is 18.2. The van der Waals surface area contributed by atoms with Crippen LogP contribution in [0.5, 0.6) is 0 Å². The zero-order valence-electron chi connectivity index (χ0n) is 18.2. The van der Waals surface area contributed by atoms with Gasteiger partial charge in [-0.3, -0.25) is 9.78 Å². The molecule has 2 N–H and O–H groups in total. The number of pyridine rings is 2. The molecule has 1 fully saturated rings. The highest BCUT2D eigenvalue weighted by atomic mass is 19.4. The smallest absolute Gasteiger partial charge is 0.393 e. The molecule has 0 atom stereocenters. The Morgan fingerprint density at radius 3 is 2.47 bits per heavy atom.